The SMILES string of the molecule is COc1cc(Cl)cc(C(Cl)C#N)c1. The van der Waals surface area contributed by atoms with Crippen molar-refractivity contribution < 1.29 is 4.74 Å². The van der Waals surface area contributed by atoms with Crippen molar-refractivity contribution in [3.63, 3.8) is 0 Å². The first-order chi connectivity index (χ1) is 6.17. The molecule has 0 aliphatic rings. The summed E-state index contributed by atoms with van der Waals surface area (Å²) in [7, 11) is 1.53. The van der Waals surface area contributed by atoms with Crippen LogP contribution in [0, 0.1) is 11.3 Å². The van der Waals surface area contributed by atoms with E-state index in [2.05, 4.69) is 0 Å². The van der Waals surface area contributed by atoms with E-state index in [1.54, 1.807) is 18.2 Å². The molecule has 0 spiro atoms. The van der Waals surface area contributed by atoms with E-state index in [9.17, 15) is 0 Å². The van der Waals surface area contributed by atoms with Crippen LogP contribution in [0.25, 0.3) is 0 Å². The van der Waals surface area contributed by atoms with E-state index >= 15 is 0 Å². The number of rotatable bonds is 2. The van der Waals surface area contributed by atoms with E-state index in [1.165, 1.54) is 7.11 Å². The van der Waals surface area contributed by atoms with Gasteiger partial charge in [0.15, 0.2) is 0 Å². The van der Waals surface area contributed by atoms with Gasteiger partial charge in [-0.2, -0.15) is 5.26 Å². The number of halogens is 2. The summed E-state index contributed by atoms with van der Waals surface area (Å²) in [6.07, 6.45) is 0. The Kier molecular flexibility index (Phi) is 3.41. The summed E-state index contributed by atoms with van der Waals surface area (Å²) >= 11 is 11.5. The smallest absolute Gasteiger partial charge is 0.145 e. The molecule has 0 N–H and O–H groups in total. The van der Waals surface area contributed by atoms with E-state index in [0.717, 1.165) is 0 Å². The summed E-state index contributed by atoms with van der Waals surface area (Å²) in [6, 6.07) is 6.90. The molecule has 0 aliphatic heterocycles. The molecule has 1 rings (SSSR count). The fourth-order valence-electron chi connectivity index (χ4n) is 0.923. The molecule has 0 fully saturated rings. The minimum absolute atomic E-state index is 0.509. The van der Waals surface area contributed by atoms with Crippen LogP contribution in [0.4, 0.5) is 0 Å². The quantitative estimate of drug-likeness (QED) is 0.711. The van der Waals surface area contributed by atoms with Crippen LogP contribution in [0.2, 0.25) is 5.02 Å². The highest BCUT2D eigenvalue weighted by molar-refractivity contribution is 6.31. The van der Waals surface area contributed by atoms with Gasteiger partial charge in [-0.25, -0.2) is 0 Å². The van der Waals surface area contributed by atoms with Crippen LogP contribution in [0.1, 0.15) is 10.9 Å². The third-order valence-corrected chi connectivity index (χ3v) is 2.10. The lowest BCUT2D eigenvalue weighted by molar-refractivity contribution is 0.414. The number of alkyl halides is 1. The first-order valence-corrected chi connectivity index (χ1v) is 4.37. The minimum Gasteiger partial charge on any atom is -0.497 e. The molecule has 68 valence electrons. The zero-order valence-electron chi connectivity index (χ0n) is 6.92. The average molecular weight is 216 g/mol. The highest BCUT2D eigenvalue weighted by Gasteiger charge is 2.08. The summed E-state index contributed by atoms with van der Waals surface area (Å²) in [6.45, 7) is 0. The second kappa shape index (κ2) is 4.36. The van der Waals surface area contributed by atoms with Gasteiger partial charge in [0.2, 0.25) is 0 Å². The maximum absolute atomic E-state index is 8.58. The number of nitrogens with zero attached hydrogens (tertiary/aromatic N) is 1. The van der Waals surface area contributed by atoms with Gasteiger partial charge >= 0.3 is 0 Å². The van der Waals surface area contributed by atoms with Crippen LogP contribution in [0.5, 0.6) is 5.75 Å². The number of ether oxygens (including phenoxy) is 1. The number of benzene rings is 1. The summed E-state index contributed by atoms with van der Waals surface area (Å²) in [5.41, 5.74) is 0.647. The Morgan fingerprint density at radius 1 is 1.46 bits per heavy atom. The number of methoxy groups -OCH3 is 1. The van der Waals surface area contributed by atoms with E-state index in [0.29, 0.717) is 16.3 Å². The molecule has 0 heterocycles. The third kappa shape index (κ3) is 2.51. The molecule has 0 radical (unpaired) electrons. The molecule has 0 saturated heterocycles. The van der Waals surface area contributed by atoms with Gasteiger partial charge in [-0.15, -0.1) is 11.6 Å². The Balaban J connectivity index is 3.10. The first-order valence-electron chi connectivity index (χ1n) is 3.55. The Morgan fingerprint density at radius 2 is 2.15 bits per heavy atom. The molecule has 13 heavy (non-hydrogen) atoms. The fraction of sp³-hybridized carbons (Fsp3) is 0.222. The largest absolute Gasteiger partial charge is 0.497 e. The van der Waals surface area contributed by atoms with Crippen molar-refractivity contribution in [3.8, 4) is 11.8 Å². The second-order valence-electron chi connectivity index (χ2n) is 2.42. The van der Waals surface area contributed by atoms with Crippen LogP contribution >= 0.6 is 23.2 Å². The van der Waals surface area contributed by atoms with Crippen molar-refractivity contribution in [2.45, 2.75) is 5.38 Å². The van der Waals surface area contributed by atoms with Gasteiger partial charge in [-0.1, -0.05) is 11.6 Å². The Morgan fingerprint density at radius 3 is 2.69 bits per heavy atom. The molecule has 0 saturated carbocycles. The van der Waals surface area contributed by atoms with Gasteiger partial charge in [-0.3, -0.25) is 0 Å². The Hall–Kier alpha value is -0.910. The van der Waals surface area contributed by atoms with Crippen molar-refractivity contribution in [3.05, 3.63) is 28.8 Å². The van der Waals surface area contributed by atoms with Gasteiger partial charge in [-0.05, 0) is 23.8 Å². The molecule has 0 aromatic heterocycles. The Labute approximate surface area is 86.6 Å². The normalized spacial score (nSPS) is 11.8. The molecule has 4 heteroatoms. The summed E-state index contributed by atoms with van der Waals surface area (Å²) in [5, 5.41) is 8.40. The highest BCUT2D eigenvalue weighted by atomic mass is 35.5. The van der Waals surface area contributed by atoms with Crippen molar-refractivity contribution in [2.75, 3.05) is 7.11 Å². The minimum atomic E-state index is -0.687. The Bertz CT molecular complexity index is 346. The predicted molar refractivity (Wildman–Crippen MR) is 52.2 cm³/mol. The van der Waals surface area contributed by atoms with E-state index < -0.39 is 5.38 Å². The molecule has 0 aliphatic carbocycles. The molecule has 0 amide bonds. The molecule has 1 unspecified atom stereocenters. The average Bonchev–Trinajstić information content (AvgIpc) is 2.15. The van der Waals surface area contributed by atoms with Crippen molar-refractivity contribution in [1.29, 1.82) is 5.26 Å². The van der Waals surface area contributed by atoms with Gasteiger partial charge in [0, 0.05) is 5.02 Å². The van der Waals surface area contributed by atoms with Gasteiger partial charge < -0.3 is 4.74 Å². The maximum atomic E-state index is 8.58. The summed E-state index contributed by atoms with van der Waals surface area (Å²) in [4.78, 5) is 0. The third-order valence-electron chi connectivity index (χ3n) is 1.54. The zero-order chi connectivity index (χ0) is 9.84. The van der Waals surface area contributed by atoms with E-state index in [4.69, 9.17) is 33.2 Å². The van der Waals surface area contributed by atoms with Crippen molar-refractivity contribution in [2.24, 2.45) is 0 Å². The second-order valence-corrected chi connectivity index (χ2v) is 3.29. The van der Waals surface area contributed by atoms with Crippen molar-refractivity contribution >= 4 is 23.2 Å². The fourth-order valence-corrected chi connectivity index (χ4v) is 1.28. The lowest BCUT2D eigenvalue weighted by atomic mass is 10.1. The standard InChI is InChI=1S/C9H7Cl2NO/c1-13-8-3-6(9(11)5-12)2-7(10)4-8/h2-4,9H,1H3. The van der Waals surface area contributed by atoms with E-state index in [1.807, 2.05) is 6.07 Å². The first kappa shape index (κ1) is 10.2. The van der Waals surface area contributed by atoms with Gasteiger partial charge in [0.05, 0.1) is 13.2 Å². The van der Waals surface area contributed by atoms with Crippen LogP contribution in [-0.4, -0.2) is 7.11 Å². The van der Waals surface area contributed by atoms with Gasteiger partial charge in [0.25, 0.3) is 0 Å². The lowest BCUT2D eigenvalue weighted by Crippen LogP contribution is -1.89. The molecule has 0 bridgehead atoms. The zero-order valence-corrected chi connectivity index (χ0v) is 8.43. The topological polar surface area (TPSA) is 33.0 Å². The summed E-state index contributed by atoms with van der Waals surface area (Å²) in [5.74, 6) is 0.600. The monoisotopic (exact) mass is 215 g/mol. The van der Waals surface area contributed by atoms with Crippen LogP contribution in [-0.2, 0) is 0 Å². The lowest BCUT2D eigenvalue weighted by Gasteiger charge is -2.05. The molecular formula is C9H7Cl2NO. The molecular weight excluding hydrogens is 209 g/mol. The van der Waals surface area contributed by atoms with Gasteiger partial charge in [0.1, 0.15) is 11.1 Å². The molecule has 2 nitrogen and oxygen atoms in total. The van der Waals surface area contributed by atoms with Crippen LogP contribution < -0.4 is 4.74 Å². The van der Waals surface area contributed by atoms with Crippen LogP contribution in [0.15, 0.2) is 18.2 Å². The maximum Gasteiger partial charge on any atom is 0.145 e. The summed E-state index contributed by atoms with van der Waals surface area (Å²) < 4.78 is 4.98. The van der Waals surface area contributed by atoms with Crippen molar-refractivity contribution in [1.82, 2.24) is 0 Å². The molecule has 1 aromatic carbocycles. The van der Waals surface area contributed by atoms with Crippen LogP contribution in [0.3, 0.4) is 0 Å². The number of hydrogen-bond donors (Lipinski definition) is 0. The predicted octanol–water partition coefficient (Wildman–Crippen LogP) is 3.15. The number of hydrogen-bond acceptors (Lipinski definition) is 2. The molecule has 1 aromatic rings. The highest BCUT2D eigenvalue weighted by Crippen LogP contribution is 2.27. The number of nitriles is 1. The van der Waals surface area contributed by atoms with E-state index in [-0.39, 0.29) is 0 Å². The molecule has 1 atom stereocenters.